The number of nitrogens with two attached hydrogens (primary N) is 1. The molecule has 0 aliphatic rings. The molecule has 1 rings (SSSR count). The summed E-state index contributed by atoms with van der Waals surface area (Å²) in [4.78, 5) is 4.02. The molecule has 0 aromatic carbocycles. The van der Waals surface area contributed by atoms with Crippen molar-refractivity contribution in [2.24, 2.45) is 11.7 Å². The molecule has 1 aromatic rings. The van der Waals surface area contributed by atoms with Gasteiger partial charge in [0.05, 0.1) is 6.04 Å². The van der Waals surface area contributed by atoms with Gasteiger partial charge in [-0.15, -0.1) is 0 Å². The highest BCUT2D eigenvalue weighted by Gasteiger charge is 2.25. The summed E-state index contributed by atoms with van der Waals surface area (Å²) in [7, 11) is -3.21. The highest BCUT2D eigenvalue weighted by atomic mass is 32.2. The Hall–Kier alpha value is -0.950. The zero-order valence-corrected chi connectivity index (χ0v) is 10.7. The number of hydrogen-bond acceptors (Lipinski definition) is 6. The van der Waals surface area contributed by atoms with E-state index in [-0.39, 0.29) is 23.7 Å². The Morgan fingerprint density at radius 3 is 2.31 bits per heavy atom. The van der Waals surface area contributed by atoms with E-state index >= 15 is 0 Å². The average molecular weight is 247 g/mol. The van der Waals surface area contributed by atoms with E-state index in [0.717, 1.165) is 6.26 Å². The van der Waals surface area contributed by atoms with Gasteiger partial charge in [0, 0.05) is 6.26 Å². The van der Waals surface area contributed by atoms with Crippen LogP contribution >= 0.6 is 0 Å². The van der Waals surface area contributed by atoms with Crippen molar-refractivity contribution in [3.63, 3.8) is 0 Å². The van der Waals surface area contributed by atoms with E-state index in [2.05, 4.69) is 10.1 Å². The second-order valence-electron chi connectivity index (χ2n) is 4.23. The maximum absolute atomic E-state index is 11.3. The van der Waals surface area contributed by atoms with Crippen LogP contribution in [0.3, 0.4) is 0 Å². The third-order valence-corrected chi connectivity index (χ3v) is 3.96. The molecule has 2 atom stereocenters. The van der Waals surface area contributed by atoms with Crippen LogP contribution in [0.1, 0.15) is 43.8 Å². The summed E-state index contributed by atoms with van der Waals surface area (Å²) in [6.45, 7) is 5.37. The number of sulfone groups is 1. The van der Waals surface area contributed by atoms with E-state index in [9.17, 15) is 8.42 Å². The Morgan fingerprint density at radius 1 is 1.31 bits per heavy atom. The Labute approximate surface area is 95.1 Å². The zero-order valence-electron chi connectivity index (χ0n) is 9.84. The molecule has 0 aliphatic heterocycles. The standard InChI is InChI=1S/C9H17N3O3S/c1-5(2)7(10)9-11-8(12-15-9)6(3)16(4,13)14/h5-7H,10H2,1-4H3/t6?,7-/m0/s1. The van der Waals surface area contributed by atoms with E-state index < -0.39 is 15.1 Å². The number of rotatable bonds is 4. The van der Waals surface area contributed by atoms with Gasteiger partial charge in [0.1, 0.15) is 5.25 Å². The zero-order chi connectivity index (χ0) is 12.5. The lowest BCUT2D eigenvalue weighted by Gasteiger charge is -2.09. The molecule has 0 amide bonds. The minimum Gasteiger partial charge on any atom is -0.338 e. The summed E-state index contributed by atoms with van der Waals surface area (Å²) < 4.78 is 27.5. The van der Waals surface area contributed by atoms with Gasteiger partial charge in [0.15, 0.2) is 15.7 Å². The molecule has 7 heteroatoms. The van der Waals surface area contributed by atoms with Crippen LogP contribution in [0, 0.1) is 5.92 Å². The van der Waals surface area contributed by atoms with Gasteiger partial charge in [-0.25, -0.2) is 8.42 Å². The highest BCUT2D eigenvalue weighted by molar-refractivity contribution is 7.90. The summed E-state index contributed by atoms with van der Waals surface area (Å²) in [6, 6.07) is -0.368. The fourth-order valence-electron chi connectivity index (χ4n) is 1.02. The molecule has 0 fully saturated rings. The van der Waals surface area contributed by atoms with Crippen molar-refractivity contribution in [3.8, 4) is 0 Å². The highest BCUT2D eigenvalue weighted by Crippen LogP contribution is 2.21. The summed E-state index contributed by atoms with van der Waals surface area (Å²) in [5.41, 5.74) is 5.81. The van der Waals surface area contributed by atoms with Crippen molar-refractivity contribution >= 4 is 9.84 Å². The molecule has 6 nitrogen and oxygen atoms in total. The van der Waals surface area contributed by atoms with Crippen LogP contribution in [0.15, 0.2) is 4.52 Å². The van der Waals surface area contributed by atoms with Gasteiger partial charge in [0.2, 0.25) is 5.89 Å². The second kappa shape index (κ2) is 4.50. The largest absolute Gasteiger partial charge is 0.338 e. The maximum atomic E-state index is 11.3. The van der Waals surface area contributed by atoms with E-state index in [1.54, 1.807) is 0 Å². The molecule has 0 radical (unpaired) electrons. The maximum Gasteiger partial charge on any atom is 0.243 e. The fourth-order valence-corrected chi connectivity index (χ4v) is 1.50. The van der Waals surface area contributed by atoms with Gasteiger partial charge in [-0.05, 0) is 12.8 Å². The smallest absolute Gasteiger partial charge is 0.243 e. The number of hydrogen-bond donors (Lipinski definition) is 1. The van der Waals surface area contributed by atoms with Crippen molar-refractivity contribution in [2.75, 3.05) is 6.26 Å². The van der Waals surface area contributed by atoms with E-state index in [4.69, 9.17) is 10.3 Å². The molecule has 0 saturated heterocycles. The lowest BCUT2D eigenvalue weighted by molar-refractivity contribution is 0.322. The fraction of sp³-hybridized carbons (Fsp3) is 0.778. The Balaban J connectivity index is 2.96. The van der Waals surface area contributed by atoms with E-state index in [1.807, 2.05) is 13.8 Å². The predicted molar refractivity (Wildman–Crippen MR) is 59.3 cm³/mol. The minimum atomic E-state index is -3.21. The van der Waals surface area contributed by atoms with Crippen LogP contribution in [-0.2, 0) is 9.84 Å². The van der Waals surface area contributed by atoms with Gasteiger partial charge in [-0.1, -0.05) is 19.0 Å². The first-order valence-corrected chi connectivity index (χ1v) is 6.97. The molecule has 92 valence electrons. The Bertz CT molecular complexity index is 452. The van der Waals surface area contributed by atoms with Crippen LogP contribution in [-0.4, -0.2) is 24.8 Å². The Morgan fingerprint density at radius 2 is 1.88 bits per heavy atom. The number of aromatic nitrogens is 2. The topological polar surface area (TPSA) is 99.1 Å². The molecule has 0 spiro atoms. The lowest BCUT2D eigenvalue weighted by atomic mass is 10.1. The van der Waals surface area contributed by atoms with Crippen molar-refractivity contribution in [2.45, 2.75) is 32.1 Å². The molecule has 0 bridgehead atoms. The van der Waals surface area contributed by atoms with Crippen molar-refractivity contribution in [1.29, 1.82) is 0 Å². The second-order valence-corrected chi connectivity index (χ2v) is 6.60. The van der Waals surface area contributed by atoms with Crippen LogP contribution in [0.4, 0.5) is 0 Å². The molecule has 1 unspecified atom stereocenters. The lowest BCUT2D eigenvalue weighted by Crippen LogP contribution is -2.17. The normalized spacial score (nSPS) is 16.4. The third-order valence-electron chi connectivity index (χ3n) is 2.47. The van der Waals surface area contributed by atoms with Gasteiger partial charge in [-0.3, -0.25) is 0 Å². The minimum absolute atomic E-state index is 0.154. The van der Waals surface area contributed by atoms with Crippen molar-refractivity contribution < 1.29 is 12.9 Å². The van der Waals surface area contributed by atoms with Gasteiger partial charge < -0.3 is 10.3 Å². The monoisotopic (exact) mass is 247 g/mol. The summed E-state index contributed by atoms with van der Waals surface area (Å²) in [5.74, 6) is 0.593. The first-order chi connectivity index (χ1) is 7.23. The van der Waals surface area contributed by atoms with Crippen LogP contribution in [0.2, 0.25) is 0 Å². The average Bonchev–Trinajstić information content (AvgIpc) is 2.62. The first kappa shape index (κ1) is 13.1. The van der Waals surface area contributed by atoms with Gasteiger partial charge >= 0.3 is 0 Å². The molecule has 0 saturated carbocycles. The van der Waals surface area contributed by atoms with Crippen molar-refractivity contribution in [1.82, 2.24) is 10.1 Å². The predicted octanol–water partition coefficient (Wildman–Crippen LogP) is 0.831. The van der Waals surface area contributed by atoms with Crippen LogP contribution in [0.25, 0.3) is 0 Å². The van der Waals surface area contributed by atoms with Crippen LogP contribution < -0.4 is 5.73 Å². The SMILES string of the molecule is CC(C)[C@H](N)c1nc(C(C)S(C)(=O)=O)no1. The molecule has 2 N–H and O–H groups in total. The van der Waals surface area contributed by atoms with E-state index in [1.165, 1.54) is 6.92 Å². The molecule has 1 heterocycles. The molecule has 1 aromatic heterocycles. The molecular weight excluding hydrogens is 230 g/mol. The molecular formula is C9H17N3O3S. The van der Waals surface area contributed by atoms with Gasteiger partial charge in [0.25, 0.3) is 0 Å². The molecule has 16 heavy (non-hydrogen) atoms. The summed E-state index contributed by atoms with van der Waals surface area (Å²) >= 11 is 0. The Kier molecular flexibility index (Phi) is 3.69. The number of nitrogens with zero attached hydrogens (tertiary/aromatic N) is 2. The van der Waals surface area contributed by atoms with Crippen LogP contribution in [0.5, 0.6) is 0 Å². The van der Waals surface area contributed by atoms with Gasteiger partial charge in [-0.2, -0.15) is 4.98 Å². The third kappa shape index (κ3) is 2.79. The first-order valence-electron chi connectivity index (χ1n) is 5.01. The summed E-state index contributed by atoms with van der Waals surface area (Å²) in [6.07, 6.45) is 1.13. The van der Waals surface area contributed by atoms with Crippen molar-refractivity contribution in [3.05, 3.63) is 11.7 Å². The van der Waals surface area contributed by atoms with E-state index in [0.29, 0.717) is 0 Å². The molecule has 0 aliphatic carbocycles. The summed E-state index contributed by atoms with van der Waals surface area (Å²) in [5, 5.41) is 2.87. The quantitative estimate of drug-likeness (QED) is 0.846.